The topological polar surface area (TPSA) is 47.3 Å². The molecule has 17 heavy (non-hydrogen) atoms. The molecule has 1 aromatic carbocycles. The first kappa shape index (κ1) is 13.6. The second kappa shape index (κ2) is 4.83. The molecule has 0 aliphatic carbocycles. The molecule has 0 unspecified atom stereocenters. The Hall–Kier alpha value is -1.43. The molecule has 3 nitrogen and oxygen atoms in total. The zero-order valence-electron chi connectivity index (χ0n) is 9.64. The SMILES string of the molecule is CC(C)(N)CNc1ccccc1OC(F)(F)F. The van der Waals surface area contributed by atoms with Gasteiger partial charge in [0.2, 0.25) is 0 Å². The molecule has 0 aliphatic heterocycles. The van der Waals surface area contributed by atoms with Gasteiger partial charge in [0.15, 0.2) is 5.75 Å². The normalized spacial score (nSPS) is 12.4. The maximum Gasteiger partial charge on any atom is 0.573 e. The van der Waals surface area contributed by atoms with Crippen molar-refractivity contribution in [3.8, 4) is 5.75 Å². The van der Waals surface area contributed by atoms with Crippen molar-refractivity contribution >= 4 is 5.69 Å². The van der Waals surface area contributed by atoms with Gasteiger partial charge < -0.3 is 15.8 Å². The lowest BCUT2D eigenvalue weighted by Crippen LogP contribution is -2.39. The van der Waals surface area contributed by atoms with Crippen molar-refractivity contribution in [1.82, 2.24) is 0 Å². The van der Waals surface area contributed by atoms with Crippen molar-refractivity contribution in [3.05, 3.63) is 24.3 Å². The van der Waals surface area contributed by atoms with Gasteiger partial charge in [0.25, 0.3) is 0 Å². The summed E-state index contributed by atoms with van der Waals surface area (Å²) in [6, 6.07) is 5.85. The van der Waals surface area contributed by atoms with Gasteiger partial charge in [-0.2, -0.15) is 0 Å². The highest BCUT2D eigenvalue weighted by Gasteiger charge is 2.32. The quantitative estimate of drug-likeness (QED) is 0.861. The van der Waals surface area contributed by atoms with Gasteiger partial charge in [-0.15, -0.1) is 13.2 Å². The Morgan fingerprint density at radius 2 is 1.82 bits per heavy atom. The second-order valence-electron chi connectivity index (χ2n) is 4.39. The Kier molecular flexibility index (Phi) is 3.87. The van der Waals surface area contributed by atoms with Gasteiger partial charge >= 0.3 is 6.36 Å². The molecule has 0 heterocycles. The summed E-state index contributed by atoms with van der Waals surface area (Å²) in [5.74, 6) is -0.260. The van der Waals surface area contributed by atoms with E-state index in [0.717, 1.165) is 0 Å². The minimum Gasteiger partial charge on any atom is -0.404 e. The number of hydrogen-bond donors (Lipinski definition) is 2. The molecule has 0 aliphatic rings. The van der Waals surface area contributed by atoms with E-state index in [9.17, 15) is 13.2 Å². The fraction of sp³-hybridized carbons (Fsp3) is 0.455. The summed E-state index contributed by atoms with van der Waals surface area (Å²) in [7, 11) is 0. The summed E-state index contributed by atoms with van der Waals surface area (Å²) in [6.07, 6.45) is -4.70. The van der Waals surface area contributed by atoms with Crippen LogP contribution in [0.15, 0.2) is 24.3 Å². The number of rotatable bonds is 4. The minimum atomic E-state index is -4.70. The molecule has 0 bridgehead atoms. The number of nitrogens with two attached hydrogens (primary N) is 1. The number of hydrogen-bond acceptors (Lipinski definition) is 3. The highest BCUT2D eigenvalue weighted by atomic mass is 19.4. The second-order valence-corrected chi connectivity index (χ2v) is 4.39. The smallest absolute Gasteiger partial charge is 0.404 e. The molecule has 0 fully saturated rings. The largest absolute Gasteiger partial charge is 0.573 e. The van der Waals surface area contributed by atoms with E-state index in [0.29, 0.717) is 6.54 Å². The van der Waals surface area contributed by atoms with Crippen LogP contribution < -0.4 is 15.8 Å². The van der Waals surface area contributed by atoms with Gasteiger partial charge in [0.1, 0.15) is 0 Å². The van der Waals surface area contributed by atoms with E-state index < -0.39 is 11.9 Å². The predicted octanol–water partition coefficient (Wildman–Crippen LogP) is 2.73. The van der Waals surface area contributed by atoms with E-state index in [2.05, 4.69) is 10.1 Å². The number of halogens is 3. The molecular formula is C11H15F3N2O. The van der Waals surface area contributed by atoms with Gasteiger partial charge in [0, 0.05) is 12.1 Å². The summed E-state index contributed by atoms with van der Waals surface area (Å²) in [4.78, 5) is 0. The number of nitrogens with one attached hydrogen (secondary N) is 1. The molecule has 1 rings (SSSR count). The van der Waals surface area contributed by atoms with Crippen LogP contribution in [-0.4, -0.2) is 18.4 Å². The predicted molar refractivity (Wildman–Crippen MR) is 59.9 cm³/mol. The monoisotopic (exact) mass is 248 g/mol. The summed E-state index contributed by atoms with van der Waals surface area (Å²) in [5.41, 5.74) is 5.48. The lowest BCUT2D eigenvalue weighted by molar-refractivity contribution is -0.274. The molecule has 3 N–H and O–H groups in total. The van der Waals surface area contributed by atoms with E-state index in [1.807, 2.05) is 0 Å². The standard InChI is InChI=1S/C11H15F3N2O/c1-10(2,15)7-16-8-5-3-4-6-9(8)17-11(12,13)14/h3-6,16H,7,15H2,1-2H3. The molecule has 0 radical (unpaired) electrons. The number of anilines is 1. The Labute approximate surface area is 97.8 Å². The summed E-state index contributed by atoms with van der Waals surface area (Å²) in [6.45, 7) is 3.88. The van der Waals surface area contributed by atoms with Gasteiger partial charge in [-0.1, -0.05) is 12.1 Å². The molecule has 96 valence electrons. The van der Waals surface area contributed by atoms with E-state index in [-0.39, 0.29) is 11.4 Å². The van der Waals surface area contributed by atoms with Crippen LogP contribution in [-0.2, 0) is 0 Å². The molecule has 6 heteroatoms. The first-order valence-electron chi connectivity index (χ1n) is 5.05. The maximum absolute atomic E-state index is 12.1. The Balaban J connectivity index is 2.78. The number of para-hydroxylation sites is 2. The summed E-state index contributed by atoms with van der Waals surface area (Å²) in [5, 5.41) is 2.83. The zero-order valence-corrected chi connectivity index (χ0v) is 9.64. The van der Waals surface area contributed by atoms with Crippen molar-refractivity contribution in [1.29, 1.82) is 0 Å². The third-order valence-electron chi connectivity index (χ3n) is 1.85. The van der Waals surface area contributed by atoms with Gasteiger partial charge in [-0.3, -0.25) is 0 Å². The van der Waals surface area contributed by atoms with Crippen molar-refractivity contribution < 1.29 is 17.9 Å². The van der Waals surface area contributed by atoms with E-state index in [4.69, 9.17) is 5.73 Å². The van der Waals surface area contributed by atoms with E-state index >= 15 is 0 Å². The van der Waals surface area contributed by atoms with Crippen LogP contribution in [0, 0.1) is 0 Å². The van der Waals surface area contributed by atoms with Gasteiger partial charge in [-0.05, 0) is 26.0 Å². The molecule has 0 spiro atoms. The van der Waals surface area contributed by atoms with Crippen LogP contribution in [0.25, 0.3) is 0 Å². The third-order valence-corrected chi connectivity index (χ3v) is 1.85. The molecule has 0 amide bonds. The molecule has 0 saturated heterocycles. The highest BCUT2D eigenvalue weighted by molar-refractivity contribution is 5.56. The first-order chi connectivity index (χ1) is 7.67. The summed E-state index contributed by atoms with van der Waals surface area (Å²) >= 11 is 0. The Morgan fingerprint density at radius 1 is 1.24 bits per heavy atom. The van der Waals surface area contributed by atoms with Crippen molar-refractivity contribution in [2.45, 2.75) is 25.7 Å². The lowest BCUT2D eigenvalue weighted by Gasteiger charge is -2.21. The zero-order chi connectivity index (χ0) is 13.1. The molecule has 1 aromatic rings. The van der Waals surface area contributed by atoms with Crippen LogP contribution in [0.2, 0.25) is 0 Å². The maximum atomic E-state index is 12.1. The lowest BCUT2D eigenvalue weighted by atomic mass is 10.1. The fourth-order valence-corrected chi connectivity index (χ4v) is 1.15. The average molecular weight is 248 g/mol. The first-order valence-corrected chi connectivity index (χ1v) is 5.05. The minimum absolute atomic E-state index is 0.260. The number of benzene rings is 1. The van der Waals surface area contributed by atoms with Crippen LogP contribution in [0.4, 0.5) is 18.9 Å². The average Bonchev–Trinajstić information content (AvgIpc) is 2.12. The number of alkyl halides is 3. The Bertz CT molecular complexity index is 372. The van der Waals surface area contributed by atoms with E-state index in [1.165, 1.54) is 18.2 Å². The molecule has 0 aromatic heterocycles. The van der Waals surface area contributed by atoms with Gasteiger partial charge in [0.05, 0.1) is 5.69 Å². The molecule has 0 saturated carbocycles. The van der Waals surface area contributed by atoms with Crippen LogP contribution in [0.5, 0.6) is 5.75 Å². The Morgan fingerprint density at radius 3 is 2.35 bits per heavy atom. The van der Waals surface area contributed by atoms with Gasteiger partial charge in [-0.25, -0.2) is 0 Å². The van der Waals surface area contributed by atoms with Crippen LogP contribution >= 0.6 is 0 Å². The fourth-order valence-electron chi connectivity index (χ4n) is 1.15. The van der Waals surface area contributed by atoms with E-state index in [1.54, 1.807) is 19.9 Å². The number of ether oxygens (including phenoxy) is 1. The third kappa shape index (κ3) is 5.44. The van der Waals surface area contributed by atoms with Crippen molar-refractivity contribution in [2.75, 3.05) is 11.9 Å². The molecule has 0 atom stereocenters. The van der Waals surface area contributed by atoms with Crippen molar-refractivity contribution in [2.24, 2.45) is 5.73 Å². The molecular weight excluding hydrogens is 233 g/mol. The van der Waals surface area contributed by atoms with Crippen molar-refractivity contribution in [3.63, 3.8) is 0 Å². The van der Waals surface area contributed by atoms with Crippen LogP contribution in [0.1, 0.15) is 13.8 Å². The summed E-state index contributed by atoms with van der Waals surface area (Å²) < 4.78 is 40.3. The highest BCUT2D eigenvalue weighted by Crippen LogP contribution is 2.29. The van der Waals surface area contributed by atoms with Crippen LogP contribution in [0.3, 0.4) is 0 Å².